The molecule has 3 atom stereocenters. The number of carbonyl (C=O) groups excluding carboxylic acids is 2. The van der Waals surface area contributed by atoms with E-state index < -0.39 is 20.0 Å². The van der Waals surface area contributed by atoms with Crippen molar-refractivity contribution in [2.75, 3.05) is 40.9 Å². The van der Waals surface area contributed by atoms with Crippen molar-refractivity contribution in [1.82, 2.24) is 5.32 Å². The number of phosphoric ester groups is 1. The van der Waals surface area contributed by atoms with E-state index in [9.17, 15) is 19.0 Å². The second kappa shape index (κ2) is 63.9. The van der Waals surface area contributed by atoms with Gasteiger partial charge in [0.1, 0.15) is 19.3 Å². The zero-order chi connectivity index (χ0) is 62.1. The third kappa shape index (κ3) is 65.2. The molecule has 1 amide bonds. The van der Waals surface area contributed by atoms with Gasteiger partial charge in [0.25, 0.3) is 0 Å². The van der Waals surface area contributed by atoms with Gasteiger partial charge in [-0.2, -0.15) is 0 Å². The molecule has 9 nitrogen and oxygen atoms in total. The van der Waals surface area contributed by atoms with E-state index in [2.05, 4.69) is 111 Å². The Hall–Kier alpha value is -3.07. The van der Waals surface area contributed by atoms with E-state index in [0.717, 1.165) is 109 Å². The lowest BCUT2D eigenvalue weighted by Gasteiger charge is -2.27. The second-order valence-corrected chi connectivity index (χ2v) is 26.5. The lowest BCUT2D eigenvalue weighted by Crippen LogP contribution is -2.47. The second-order valence-electron chi connectivity index (χ2n) is 25.0. The van der Waals surface area contributed by atoms with Crippen molar-refractivity contribution in [3.05, 3.63) is 97.2 Å². The molecule has 10 heteroatoms. The van der Waals surface area contributed by atoms with Gasteiger partial charge in [0.05, 0.1) is 33.8 Å². The zero-order valence-electron chi connectivity index (χ0n) is 56.3. The average molecular weight is 1210 g/mol. The minimum atomic E-state index is -4.46. The first-order valence-corrected chi connectivity index (χ1v) is 37.1. The summed E-state index contributed by atoms with van der Waals surface area (Å²) in [6.45, 7) is 6.91. The van der Waals surface area contributed by atoms with E-state index in [1.54, 1.807) is 0 Å². The standard InChI is InChI=1S/C75H135N2O7P/c1-7-10-13-16-19-22-25-28-30-32-34-35-36-37-38-39-40-41-43-44-46-49-52-55-58-61-64-67-74(78)76-72(71-83-85(80,81)82-70-69-77(4,5)6)73(66-63-60-57-54-51-48-27-24-21-18-15-12-9-3)84-75(79)68-65-62-59-56-53-50-47-45-42-33-31-29-26-23-20-17-14-11-8-2/h10,13,19,22,28-31,34-35,37-38,40-41,63,66,72-73H,7-9,11-12,14-18,20-21,23-27,32-33,36,39,42-62,64-65,67-71H2,1-6H3,(H-,76,78,80,81)/p+1/b13-10-,22-19-,30-28-,31-29+,35-34-,38-37-,41-40-,66-63-. The van der Waals surface area contributed by atoms with E-state index in [1.165, 1.54) is 173 Å². The van der Waals surface area contributed by atoms with Gasteiger partial charge in [0.2, 0.25) is 5.91 Å². The van der Waals surface area contributed by atoms with Crippen LogP contribution in [0.1, 0.15) is 316 Å². The summed E-state index contributed by atoms with van der Waals surface area (Å²) in [5.41, 5.74) is 0. The number of hydrogen-bond acceptors (Lipinski definition) is 6. The SMILES string of the molecule is CC/C=C\C/C=C\C/C=C\C/C=C\C/C=C\C/C=C\CCCCCCCCCCC(=O)NC(COP(=O)(O)OCC[N+](C)(C)C)C(/C=C\CCCCCCCCCCCCC)OC(=O)CCCCCCCCCCC/C=C/CCCCCCCC. The molecule has 492 valence electrons. The van der Waals surface area contributed by atoms with Crippen LogP contribution in [0.5, 0.6) is 0 Å². The summed E-state index contributed by atoms with van der Waals surface area (Å²) in [5, 5.41) is 3.07. The number of nitrogens with zero attached hydrogens (tertiary/aromatic N) is 1. The number of likely N-dealkylation sites (N-methyl/N-ethyl adjacent to an activating group) is 1. The predicted octanol–water partition coefficient (Wildman–Crippen LogP) is 22.7. The smallest absolute Gasteiger partial charge is 0.456 e. The van der Waals surface area contributed by atoms with Crippen LogP contribution < -0.4 is 5.32 Å². The molecule has 0 bridgehead atoms. The zero-order valence-corrected chi connectivity index (χ0v) is 57.2. The highest BCUT2D eigenvalue weighted by Crippen LogP contribution is 2.43. The number of phosphoric acid groups is 1. The van der Waals surface area contributed by atoms with E-state index in [4.69, 9.17) is 13.8 Å². The van der Waals surface area contributed by atoms with Crippen LogP contribution >= 0.6 is 7.82 Å². The third-order valence-electron chi connectivity index (χ3n) is 15.5. The molecule has 0 radical (unpaired) electrons. The fourth-order valence-electron chi connectivity index (χ4n) is 10.1. The fraction of sp³-hybridized carbons (Fsp3) is 0.760. The highest BCUT2D eigenvalue weighted by Gasteiger charge is 2.30. The first kappa shape index (κ1) is 81.9. The number of amides is 1. The molecule has 3 unspecified atom stereocenters. The van der Waals surface area contributed by atoms with Gasteiger partial charge in [0.15, 0.2) is 0 Å². The summed E-state index contributed by atoms with van der Waals surface area (Å²) < 4.78 is 30.8. The average Bonchev–Trinajstić information content (AvgIpc) is 3.53. The molecule has 85 heavy (non-hydrogen) atoms. The van der Waals surface area contributed by atoms with Crippen molar-refractivity contribution in [2.45, 2.75) is 328 Å². The maximum atomic E-state index is 13.6. The number of esters is 1. The lowest BCUT2D eigenvalue weighted by molar-refractivity contribution is -0.870. The normalized spacial score (nSPS) is 14.1. The summed E-state index contributed by atoms with van der Waals surface area (Å²) in [6.07, 6.45) is 87.0. The van der Waals surface area contributed by atoms with E-state index in [1.807, 2.05) is 33.3 Å². The number of hydrogen-bond donors (Lipinski definition) is 2. The summed E-state index contributed by atoms with van der Waals surface area (Å²) in [6, 6.07) is -0.860. The van der Waals surface area contributed by atoms with Crippen molar-refractivity contribution < 1.29 is 37.3 Å². The van der Waals surface area contributed by atoms with E-state index in [0.29, 0.717) is 17.4 Å². The summed E-state index contributed by atoms with van der Waals surface area (Å²) in [7, 11) is 1.49. The molecule has 0 saturated heterocycles. The van der Waals surface area contributed by atoms with Crippen LogP contribution in [-0.2, 0) is 27.9 Å². The third-order valence-corrected chi connectivity index (χ3v) is 16.5. The Kier molecular flexibility index (Phi) is 61.6. The maximum Gasteiger partial charge on any atom is 0.472 e. The topological polar surface area (TPSA) is 111 Å². The molecule has 0 aromatic carbocycles. The van der Waals surface area contributed by atoms with Crippen molar-refractivity contribution >= 4 is 19.7 Å². The molecular formula is C75H136N2O7P+. The Morgan fingerprint density at radius 3 is 1.14 bits per heavy atom. The summed E-state index contributed by atoms with van der Waals surface area (Å²) >= 11 is 0. The van der Waals surface area contributed by atoms with Gasteiger partial charge in [-0.3, -0.25) is 18.6 Å². The van der Waals surface area contributed by atoms with Crippen LogP contribution in [-0.4, -0.2) is 74.3 Å². The Bertz CT molecular complexity index is 1780. The monoisotopic (exact) mass is 1210 g/mol. The number of quaternary nitrogens is 1. The van der Waals surface area contributed by atoms with Gasteiger partial charge in [-0.05, 0) is 109 Å². The van der Waals surface area contributed by atoms with Crippen LogP contribution in [0.15, 0.2) is 97.2 Å². The quantitative estimate of drug-likeness (QED) is 0.0205. The fourth-order valence-corrected chi connectivity index (χ4v) is 10.8. The van der Waals surface area contributed by atoms with Crippen LogP contribution in [0.4, 0.5) is 0 Å². The Balaban J connectivity index is 5.13. The molecular weight excluding hydrogens is 1070 g/mol. The number of carbonyl (C=O) groups is 2. The van der Waals surface area contributed by atoms with Crippen LogP contribution in [0, 0.1) is 0 Å². The molecule has 0 aliphatic heterocycles. The van der Waals surface area contributed by atoms with Crippen molar-refractivity contribution in [3.63, 3.8) is 0 Å². The maximum absolute atomic E-state index is 13.6. The molecule has 0 aromatic heterocycles. The molecule has 0 aliphatic rings. The highest BCUT2D eigenvalue weighted by molar-refractivity contribution is 7.47. The molecule has 0 aliphatic carbocycles. The van der Waals surface area contributed by atoms with Gasteiger partial charge in [-0.25, -0.2) is 4.57 Å². The molecule has 2 N–H and O–H groups in total. The first-order valence-electron chi connectivity index (χ1n) is 35.6. The van der Waals surface area contributed by atoms with E-state index in [-0.39, 0.29) is 31.5 Å². The van der Waals surface area contributed by atoms with E-state index >= 15 is 0 Å². The van der Waals surface area contributed by atoms with Gasteiger partial charge in [0, 0.05) is 12.8 Å². The molecule has 0 aromatic rings. The van der Waals surface area contributed by atoms with Gasteiger partial charge in [-0.15, -0.1) is 0 Å². The van der Waals surface area contributed by atoms with Crippen LogP contribution in [0.2, 0.25) is 0 Å². The largest absolute Gasteiger partial charge is 0.472 e. The number of ether oxygens (including phenoxy) is 1. The van der Waals surface area contributed by atoms with Crippen molar-refractivity contribution in [1.29, 1.82) is 0 Å². The van der Waals surface area contributed by atoms with Crippen LogP contribution in [0.25, 0.3) is 0 Å². The molecule has 0 rings (SSSR count). The minimum absolute atomic E-state index is 0.0349. The van der Waals surface area contributed by atoms with Crippen molar-refractivity contribution in [2.24, 2.45) is 0 Å². The first-order chi connectivity index (χ1) is 41.4. The lowest BCUT2D eigenvalue weighted by atomic mass is 10.0. The molecule has 0 saturated carbocycles. The summed E-state index contributed by atoms with van der Waals surface area (Å²) in [5.74, 6) is -0.512. The van der Waals surface area contributed by atoms with Crippen LogP contribution in [0.3, 0.4) is 0 Å². The number of unbranched alkanes of at least 4 members (excludes halogenated alkanes) is 34. The summed E-state index contributed by atoms with van der Waals surface area (Å²) in [4.78, 5) is 37.9. The number of allylic oxidation sites excluding steroid dienone is 15. The highest BCUT2D eigenvalue weighted by atomic mass is 31.2. The predicted molar refractivity (Wildman–Crippen MR) is 369 cm³/mol. The van der Waals surface area contributed by atoms with Crippen molar-refractivity contribution in [3.8, 4) is 0 Å². The van der Waals surface area contributed by atoms with Gasteiger partial charge in [-0.1, -0.05) is 292 Å². The van der Waals surface area contributed by atoms with Gasteiger partial charge < -0.3 is 19.4 Å². The van der Waals surface area contributed by atoms with Gasteiger partial charge >= 0.3 is 13.8 Å². The Morgan fingerprint density at radius 1 is 0.424 bits per heavy atom. The molecule has 0 fully saturated rings. The number of rotatable bonds is 64. The molecule has 0 spiro atoms. The minimum Gasteiger partial charge on any atom is -0.456 e. The Labute approximate surface area is 526 Å². The number of nitrogens with one attached hydrogen (secondary N) is 1. The molecule has 0 heterocycles. The Morgan fingerprint density at radius 2 is 0.753 bits per heavy atom.